The van der Waals surface area contributed by atoms with Crippen molar-refractivity contribution in [1.29, 1.82) is 0 Å². The lowest BCUT2D eigenvalue weighted by atomic mass is 9.63. The molecule has 4 aliphatic carbocycles. The molecule has 0 heterocycles. The summed E-state index contributed by atoms with van der Waals surface area (Å²) in [5.41, 5.74) is 7.06. The van der Waals surface area contributed by atoms with Crippen molar-refractivity contribution in [3.8, 4) is 0 Å². The Morgan fingerprint density at radius 3 is 2.58 bits per heavy atom. The highest BCUT2D eigenvalue weighted by Crippen LogP contribution is 2.67. The van der Waals surface area contributed by atoms with Crippen molar-refractivity contribution < 1.29 is 0 Å². The molecule has 3 saturated carbocycles. The summed E-state index contributed by atoms with van der Waals surface area (Å²) in [6, 6.07) is 0.451. The fraction of sp³-hybridized carbons (Fsp3) is 0.778. The van der Waals surface area contributed by atoms with Gasteiger partial charge >= 0.3 is 0 Å². The molecule has 0 saturated heterocycles. The van der Waals surface area contributed by atoms with E-state index in [1.807, 2.05) is 0 Å². The molecule has 0 radical (unpaired) electrons. The van der Waals surface area contributed by atoms with Gasteiger partial charge in [-0.3, -0.25) is 0 Å². The first-order valence-corrected chi connectivity index (χ1v) is 8.33. The van der Waals surface area contributed by atoms with Gasteiger partial charge in [0.05, 0.1) is 0 Å². The topological polar surface area (TPSA) is 26.0 Å². The molecule has 1 spiro atoms. The maximum absolute atomic E-state index is 6.44. The molecule has 19 heavy (non-hydrogen) atoms. The van der Waals surface area contributed by atoms with Crippen molar-refractivity contribution >= 4 is 0 Å². The fourth-order valence-corrected chi connectivity index (χ4v) is 6.15. The van der Waals surface area contributed by atoms with E-state index in [1.54, 1.807) is 0 Å². The van der Waals surface area contributed by atoms with Gasteiger partial charge in [0, 0.05) is 6.04 Å². The molecule has 3 fully saturated rings. The second-order valence-corrected chi connectivity index (χ2v) is 7.70. The first kappa shape index (κ1) is 12.2. The highest BCUT2D eigenvalue weighted by molar-refractivity contribution is 5.25. The molecule has 0 aromatic rings. The highest BCUT2D eigenvalue weighted by Gasteiger charge is 2.60. The maximum atomic E-state index is 6.44. The molecule has 1 nitrogen and oxygen atoms in total. The van der Waals surface area contributed by atoms with Gasteiger partial charge in [-0.1, -0.05) is 44.1 Å². The van der Waals surface area contributed by atoms with Gasteiger partial charge in [-0.25, -0.2) is 0 Å². The van der Waals surface area contributed by atoms with Crippen LogP contribution in [0.5, 0.6) is 0 Å². The quantitative estimate of drug-likeness (QED) is 0.699. The Hall–Kier alpha value is -0.560. The molecule has 104 valence electrons. The summed E-state index contributed by atoms with van der Waals surface area (Å²) in [7, 11) is 0. The minimum atomic E-state index is 0.451. The van der Waals surface area contributed by atoms with E-state index in [1.165, 1.54) is 38.5 Å². The van der Waals surface area contributed by atoms with Gasteiger partial charge in [0.1, 0.15) is 0 Å². The van der Waals surface area contributed by atoms with Crippen LogP contribution >= 0.6 is 0 Å². The molecule has 0 amide bonds. The molecule has 4 rings (SSSR count). The second-order valence-electron chi connectivity index (χ2n) is 7.70. The zero-order valence-electron chi connectivity index (χ0n) is 12.1. The molecule has 0 aromatic heterocycles. The summed E-state index contributed by atoms with van der Waals surface area (Å²) >= 11 is 0. The zero-order valence-corrected chi connectivity index (χ0v) is 12.1. The lowest BCUT2D eigenvalue weighted by molar-refractivity contribution is 0.0841. The molecule has 2 N–H and O–H groups in total. The third-order valence-corrected chi connectivity index (χ3v) is 7.03. The van der Waals surface area contributed by atoms with Crippen molar-refractivity contribution in [3.63, 3.8) is 0 Å². The minimum absolute atomic E-state index is 0.451. The van der Waals surface area contributed by atoms with Gasteiger partial charge in [-0.2, -0.15) is 0 Å². The average Bonchev–Trinajstić information content (AvgIpc) is 3.00. The lowest BCUT2D eigenvalue weighted by Gasteiger charge is -2.43. The molecular weight excluding hydrogens is 230 g/mol. The number of hydrogen-bond donors (Lipinski definition) is 1. The average molecular weight is 257 g/mol. The molecular formula is C18H27N. The Morgan fingerprint density at radius 1 is 1.05 bits per heavy atom. The van der Waals surface area contributed by atoms with Crippen molar-refractivity contribution in [3.05, 3.63) is 24.3 Å². The lowest BCUT2D eigenvalue weighted by Crippen LogP contribution is -2.42. The van der Waals surface area contributed by atoms with Gasteiger partial charge in [0.15, 0.2) is 0 Å². The van der Waals surface area contributed by atoms with Crippen LogP contribution in [0.2, 0.25) is 0 Å². The Balaban J connectivity index is 1.75. The largest absolute Gasteiger partial charge is 0.327 e. The Kier molecular flexibility index (Phi) is 2.71. The van der Waals surface area contributed by atoms with Gasteiger partial charge in [-0.15, -0.1) is 0 Å². The number of fused-ring (bicyclic) bond motifs is 5. The molecule has 1 heteroatoms. The summed E-state index contributed by atoms with van der Waals surface area (Å²) in [6.45, 7) is 2.37. The normalized spacial score (nSPS) is 50.4. The Labute approximate surface area is 117 Å². The predicted octanol–water partition coefficient (Wildman–Crippen LogP) is 3.91. The minimum Gasteiger partial charge on any atom is -0.327 e. The summed E-state index contributed by atoms with van der Waals surface area (Å²) in [5.74, 6) is 4.19. The first-order valence-electron chi connectivity index (χ1n) is 8.33. The van der Waals surface area contributed by atoms with Crippen molar-refractivity contribution in [2.24, 2.45) is 40.7 Å². The monoisotopic (exact) mass is 257 g/mol. The van der Waals surface area contributed by atoms with Crippen molar-refractivity contribution in [1.82, 2.24) is 0 Å². The van der Waals surface area contributed by atoms with Crippen LogP contribution in [0.4, 0.5) is 0 Å². The van der Waals surface area contributed by atoms with Crippen LogP contribution in [0.1, 0.15) is 45.4 Å². The SMILES string of the molecule is C[C@@H]1CC2C3C=CC=CC3C3(CCCC3)C2CC1N. The number of hydrogen-bond acceptors (Lipinski definition) is 1. The molecule has 0 bridgehead atoms. The predicted molar refractivity (Wildman–Crippen MR) is 79.5 cm³/mol. The Bertz CT molecular complexity index is 415. The first-order chi connectivity index (χ1) is 9.22. The number of nitrogens with two attached hydrogens (primary N) is 1. The van der Waals surface area contributed by atoms with Crippen LogP contribution in [0.25, 0.3) is 0 Å². The van der Waals surface area contributed by atoms with E-state index in [0.29, 0.717) is 11.5 Å². The van der Waals surface area contributed by atoms with E-state index in [-0.39, 0.29) is 0 Å². The van der Waals surface area contributed by atoms with Crippen molar-refractivity contribution in [2.75, 3.05) is 0 Å². The van der Waals surface area contributed by atoms with Gasteiger partial charge in [0.25, 0.3) is 0 Å². The molecule has 0 aromatic carbocycles. The smallest absolute Gasteiger partial charge is 0.00675 e. The van der Waals surface area contributed by atoms with Crippen LogP contribution in [0.15, 0.2) is 24.3 Å². The van der Waals surface area contributed by atoms with Gasteiger partial charge in [0.2, 0.25) is 0 Å². The van der Waals surface area contributed by atoms with Gasteiger partial charge in [-0.05, 0) is 60.7 Å². The van der Waals surface area contributed by atoms with E-state index in [2.05, 4.69) is 31.2 Å². The van der Waals surface area contributed by atoms with E-state index < -0.39 is 0 Å². The molecule has 6 atom stereocenters. The van der Waals surface area contributed by atoms with Crippen LogP contribution in [-0.4, -0.2) is 6.04 Å². The van der Waals surface area contributed by atoms with Crippen molar-refractivity contribution in [2.45, 2.75) is 51.5 Å². The molecule has 5 unspecified atom stereocenters. The number of allylic oxidation sites excluding steroid dienone is 4. The zero-order chi connectivity index (χ0) is 13.0. The van der Waals surface area contributed by atoms with E-state index in [4.69, 9.17) is 5.73 Å². The molecule has 0 aliphatic heterocycles. The molecule has 4 aliphatic rings. The third kappa shape index (κ3) is 1.57. The van der Waals surface area contributed by atoms with Gasteiger partial charge < -0.3 is 5.73 Å². The van der Waals surface area contributed by atoms with Crippen LogP contribution in [0, 0.1) is 35.0 Å². The standard InChI is InChI=1S/C18H27N/c1-12-10-14-13-6-2-3-7-15(13)18(8-4-5-9-18)16(14)11-17(12)19/h2-3,6-7,12-17H,4-5,8-11,19H2,1H3/t12-,13?,14?,15?,16?,17?/m1/s1. The summed E-state index contributed by atoms with van der Waals surface area (Å²) in [5, 5.41) is 0. The summed E-state index contributed by atoms with van der Waals surface area (Å²) in [6.07, 6.45) is 18.2. The summed E-state index contributed by atoms with van der Waals surface area (Å²) in [4.78, 5) is 0. The van der Waals surface area contributed by atoms with Crippen LogP contribution < -0.4 is 5.73 Å². The van der Waals surface area contributed by atoms with Crippen LogP contribution in [-0.2, 0) is 0 Å². The Morgan fingerprint density at radius 2 is 1.79 bits per heavy atom. The van der Waals surface area contributed by atoms with Crippen LogP contribution in [0.3, 0.4) is 0 Å². The summed E-state index contributed by atoms with van der Waals surface area (Å²) < 4.78 is 0. The maximum Gasteiger partial charge on any atom is 0.00675 e. The number of rotatable bonds is 0. The fourth-order valence-electron chi connectivity index (χ4n) is 6.15. The second kappa shape index (κ2) is 4.22. The van der Waals surface area contributed by atoms with E-state index >= 15 is 0 Å². The van der Waals surface area contributed by atoms with E-state index in [9.17, 15) is 0 Å². The third-order valence-electron chi connectivity index (χ3n) is 7.03. The van der Waals surface area contributed by atoms with E-state index in [0.717, 1.165) is 29.6 Å². The highest BCUT2D eigenvalue weighted by atomic mass is 14.7.